The van der Waals surface area contributed by atoms with Crippen LogP contribution in [0.25, 0.3) is 0 Å². The number of nitrogens with zero attached hydrogens (tertiary/aromatic N) is 1. The van der Waals surface area contributed by atoms with Crippen LogP contribution in [0.3, 0.4) is 0 Å². The lowest BCUT2D eigenvalue weighted by molar-refractivity contribution is 0.0640. The van der Waals surface area contributed by atoms with Gasteiger partial charge in [-0.1, -0.05) is 18.2 Å². The highest BCUT2D eigenvalue weighted by atomic mass is 19.1. The number of benzene rings is 2. The van der Waals surface area contributed by atoms with E-state index in [0.29, 0.717) is 5.56 Å². The number of carboxylic acids is 1. The summed E-state index contributed by atoms with van der Waals surface area (Å²) in [5, 5.41) is 8.96. The van der Waals surface area contributed by atoms with E-state index in [-0.39, 0.29) is 23.2 Å². The summed E-state index contributed by atoms with van der Waals surface area (Å²) in [6.45, 7) is -0.104. The van der Waals surface area contributed by atoms with Crippen LogP contribution in [0, 0.1) is 5.82 Å². The van der Waals surface area contributed by atoms with Crippen molar-refractivity contribution in [2.24, 2.45) is 0 Å². The summed E-state index contributed by atoms with van der Waals surface area (Å²) in [6.07, 6.45) is 0. The van der Waals surface area contributed by atoms with Crippen molar-refractivity contribution in [3.63, 3.8) is 0 Å². The summed E-state index contributed by atoms with van der Waals surface area (Å²) < 4.78 is 13.7. The number of carbonyl (C=O) groups excluding carboxylic acids is 2. The Bertz CT molecular complexity index is 816. The number of imide groups is 1. The van der Waals surface area contributed by atoms with E-state index in [2.05, 4.69) is 0 Å². The Kier molecular flexibility index (Phi) is 3.21. The second-order valence-electron chi connectivity index (χ2n) is 4.86. The van der Waals surface area contributed by atoms with Crippen molar-refractivity contribution in [2.45, 2.75) is 6.54 Å². The van der Waals surface area contributed by atoms with E-state index in [9.17, 15) is 18.8 Å². The van der Waals surface area contributed by atoms with Crippen LogP contribution in [0.1, 0.15) is 36.6 Å². The number of amides is 2. The molecule has 1 aliphatic heterocycles. The third kappa shape index (κ3) is 2.14. The lowest BCUT2D eigenvalue weighted by atomic mass is 10.1. The number of hydrogen-bond donors (Lipinski definition) is 1. The fraction of sp³-hybridized carbons (Fsp3) is 0.0625. The number of aromatic carboxylic acids is 1. The predicted octanol–water partition coefficient (Wildman–Crippen LogP) is 2.32. The second-order valence-corrected chi connectivity index (χ2v) is 4.86. The molecule has 0 fully saturated rings. The smallest absolute Gasteiger partial charge is 0.335 e. The Morgan fingerprint density at radius 2 is 1.82 bits per heavy atom. The quantitative estimate of drug-likeness (QED) is 0.883. The van der Waals surface area contributed by atoms with Crippen LogP contribution in [-0.2, 0) is 6.54 Å². The molecule has 0 saturated heterocycles. The highest BCUT2D eigenvalue weighted by Crippen LogP contribution is 2.26. The first kappa shape index (κ1) is 13.9. The van der Waals surface area contributed by atoms with Gasteiger partial charge in [-0.2, -0.15) is 0 Å². The van der Waals surface area contributed by atoms with Gasteiger partial charge in [0.05, 0.1) is 23.2 Å². The highest BCUT2D eigenvalue weighted by Gasteiger charge is 2.37. The Labute approximate surface area is 124 Å². The van der Waals surface area contributed by atoms with Gasteiger partial charge in [0.25, 0.3) is 11.8 Å². The van der Waals surface area contributed by atoms with E-state index in [4.69, 9.17) is 5.11 Å². The average molecular weight is 299 g/mol. The Morgan fingerprint density at radius 1 is 1.09 bits per heavy atom. The molecule has 5 nitrogen and oxygen atoms in total. The standard InChI is InChI=1S/C16H10FNO4/c17-12-6-2-5-11-13(12)15(20)18(14(11)19)8-9-3-1-4-10(7-9)16(21)22/h1-7H,8H2,(H,21,22). The lowest BCUT2D eigenvalue weighted by Crippen LogP contribution is -2.29. The molecular formula is C16H10FNO4. The first-order valence-corrected chi connectivity index (χ1v) is 6.46. The van der Waals surface area contributed by atoms with Gasteiger partial charge < -0.3 is 5.11 Å². The van der Waals surface area contributed by atoms with Gasteiger partial charge in [0.15, 0.2) is 0 Å². The van der Waals surface area contributed by atoms with Crippen molar-refractivity contribution in [2.75, 3.05) is 0 Å². The van der Waals surface area contributed by atoms with E-state index in [0.717, 1.165) is 11.0 Å². The van der Waals surface area contributed by atoms with Gasteiger partial charge in [0.1, 0.15) is 5.82 Å². The van der Waals surface area contributed by atoms with E-state index < -0.39 is 23.6 Å². The van der Waals surface area contributed by atoms with Crippen molar-refractivity contribution >= 4 is 17.8 Å². The third-order valence-electron chi connectivity index (χ3n) is 3.46. The van der Waals surface area contributed by atoms with Crippen molar-refractivity contribution in [1.29, 1.82) is 0 Å². The molecule has 0 bridgehead atoms. The first-order chi connectivity index (χ1) is 10.5. The molecular weight excluding hydrogens is 289 g/mol. The fourth-order valence-electron chi connectivity index (χ4n) is 2.42. The number of rotatable bonds is 3. The molecule has 110 valence electrons. The molecule has 0 saturated carbocycles. The molecule has 2 amide bonds. The number of hydrogen-bond acceptors (Lipinski definition) is 3. The van der Waals surface area contributed by atoms with Gasteiger partial charge in [0, 0.05) is 0 Å². The van der Waals surface area contributed by atoms with Crippen molar-refractivity contribution in [1.82, 2.24) is 4.90 Å². The molecule has 0 radical (unpaired) electrons. The molecule has 1 heterocycles. The van der Waals surface area contributed by atoms with Crippen LogP contribution < -0.4 is 0 Å². The number of halogens is 1. The average Bonchev–Trinajstić information content (AvgIpc) is 2.74. The Balaban J connectivity index is 1.94. The van der Waals surface area contributed by atoms with Crippen LogP contribution >= 0.6 is 0 Å². The normalized spacial score (nSPS) is 13.4. The lowest BCUT2D eigenvalue weighted by Gasteiger charge is -2.14. The highest BCUT2D eigenvalue weighted by molar-refractivity contribution is 6.21. The molecule has 6 heteroatoms. The molecule has 1 aliphatic rings. The van der Waals surface area contributed by atoms with Crippen LogP contribution in [0.15, 0.2) is 42.5 Å². The van der Waals surface area contributed by atoms with Crippen LogP contribution in [0.2, 0.25) is 0 Å². The van der Waals surface area contributed by atoms with Crippen molar-refractivity contribution < 1.29 is 23.9 Å². The summed E-state index contributed by atoms with van der Waals surface area (Å²) in [4.78, 5) is 36.3. The van der Waals surface area contributed by atoms with Gasteiger partial charge in [-0.05, 0) is 29.8 Å². The monoisotopic (exact) mass is 299 g/mol. The Morgan fingerprint density at radius 3 is 2.50 bits per heavy atom. The minimum absolute atomic E-state index is 0.0272. The zero-order chi connectivity index (χ0) is 15.9. The summed E-state index contributed by atoms with van der Waals surface area (Å²) >= 11 is 0. The summed E-state index contributed by atoms with van der Waals surface area (Å²) in [5.74, 6) is -3.13. The van der Waals surface area contributed by atoms with Crippen molar-refractivity contribution in [3.05, 3.63) is 70.5 Å². The number of carboxylic acid groups (broad SMARTS) is 1. The molecule has 1 N–H and O–H groups in total. The molecule has 2 aromatic carbocycles. The second kappa shape index (κ2) is 5.07. The number of carbonyl (C=O) groups is 3. The van der Waals surface area contributed by atoms with E-state index >= 15 is 0 Å². The predicted molar refractivity (Wildman–Crippen MR) is 74.0 cm³/mol. The molecule has 2 aromatic rings. The zero-order valence-electron chi connectivity index (χ0n) is 11.2. The SMILES string of the molecule is O=C(O)c1cccc(CN2C(=O)c3cccc(F)c3C2=O)c1. The summed E-state index contributed by atoms with van der Waals surface area (Å²) in [6, 6.07) is 9.80. The van der Waals surface area contributed by atoms with Crippen LogP contribution in [-0.4, -0.2) is 27.8 Å². The van der Waals surface area contributed by atoms with E-state index in [1.54, 1.807) is 6.07 Å². The Hall–Kier alpha value is -3.02. The molecule has 3 rings (SSSR count). The van der Waals surface area contributed by atoms with Crippen LogP contribution in [0.4, 0.5) is 4.39 Å². The minimum atomic E-state index is -1.10. The molecule has 0 aromatic heterocycles. The van der Waals surface area contributed by atoms with Gasteiger partial charge in [-0.3, -0.25) is 14.5 Å². The molecule has 22 heavy (non-hydrogen) atoms. The molecule has 0 spiro atoms. The van der Waals surface area contributed by atoms with Gasteiger partial charge in [-0.15, -0.1) is 0 Å². The summed E-state index contributed by atoms with van der Waals surface area (Å²) in [5.41, 5.74) is 0.330. The summed E-state index contributed by atoms with van der Waals surface area (Å²) in [7, 11) is 0. The maximum Gasteiger partial charge on any atom is 0.335 e. The number of fused-ring (bicyclic) bond motifs is 1. The topological polar surface area (TPSA) is 74.7 Å². The maximum absolute atomic E-state index is 13.7. The fourth-order valence-corrected chi connectivity index (χ4v) is 2.42. The molecule has 0 atom stereocenters. The van der Waals surface area contributed by atoms with Gasteiger partial charge in [0.2, 0.25) is 0 Å². The minimum Gasteiger partial charge on any atom is -0.478 e. The molecule has 0 aliphatic carbocycles. The van der Waals surface area contributed by atoms with Gasteiger partial charge in [-0.25, -0.2) is 9.18 Å². The van der Waals surface area contributed by atoms with E-state index in [1.807, 2.05) is 0 Å². The maximum atomic E-state index is 13.7. The van der Waals surface area contributed by atoms with Gasteiger partial charge >= 0.3 is 5.97 Å². The largest absolute Gasteiger partial charge is 0.478 e. The van der Waals surface area contributed by atoms with Crippen molar-refractivity contribution in [3.8, 4) is 0 Å². The first-order valence-electron chi connectivity index (χ1n) is 6.46. The van der Waals surface area contributed by atoms with E-state index in [1.165, 1.54) is 30.3 Å². The third-order valence-corrected chi connectivity index (χ3v) is 3.46. The van der Waals surface area contributed by atoms with Crippen LogP contribution in [0.5, 0.6) is 0 Å². The molecule has 0 unspecified atom stereocenters. The zero-order valence-corrected chi connectivity index (χ0v) is 11.2.